The van der Waals surface area contributed by atoms with Crippen molar-refractivity contribution in [1.29, 1.82) is 0 Å². The minimum atomic E-state index is 0.834. The Morgan fingerprint density at radius 3 is 1.48 bits per heavy atom. The predicted molar refractivity (Wildman–Crippen MR) is 210 cm³/mol. The Balaban J connectivity index is 1.03. The van der Waals surface area contributed by atoms with Gasteiger partial charge < -0.3 is 8.83 Å². The summed E-state index contributed by atoms with van der Waals surface area (Å²) in [6, 6.07) is 60.9. The molecule has 0 unspecified atom stereocenters. The highest BCUT2D eigenvalue weighted by atomic mass is 16.3. The first kappa shape index (κ1) is 27.3. The summed E-state index contributed by atoms with van der Waals surface area (Å²) < 4.78 is 12.8. The van der Waals surface area contributed by atoms with Crippen molar-refractivity contribution >= 4 is 76.2 Å². The number of hydrogen-bond acceptors (Lipinski definition) is 2. The number of hydrogen-bond donors (Lipinski definition) is 0. The second-order valence-corrected chi connectivity index (χ2v) is 13.2. The normalized spacial score (nSPS) is 12.0. The van der Waals surface area contributed by atoms with Gasteiger partial charge in [0.05, 0.1) is 0 Å². The van der Waals surface area contributed by atoms with Gasteiger partial charge in [0.25, 0.3) is 0 Å². The molecule has 0 spiro atoms. The van der Waals surface area contributed by atoms with E-state index in [0.717, 1.165) is 55.0 Å². The molecule has 2 aromatic heterocycles. The smallest absolute Gasteiger partial charge is 0.139 e. The molecule has 9 aromatic carbocycles. The van der Waals surface area contributed by atoms with Crippen molar-refractivity contribution in [2.45, 2.75) is 0 Å². The van der Waals surface area contributed by atoms with Gasteiger partial charge in [-0.25, -0.2) is 0 Å². The highest BCUT2D eigenvalue weighted by Crippen LogP contribution is 2.44. The van der Waals surface area contributed by atoms with Crippen LogP contribution < -0.4 is 0 Å². The molecule has 2 nitrogen and oxygen atoms in total. The molecule has 0 fully saturated rings. The SMILES string of the molecule is c1ccc(-c2c3ccccc3c(-c3ccc(-c4ccc5c(c4)oc4cc6oc7ccc8ccccc8c7c6cc45)cc3)c3ccccc23)cc1. The molecular weight excluding hydrogens is 609 g/mol. The molecule has 0 bridgehead atoms. The van der Waals surface area contributed by atoms with Gasteiger partial charge in [0, 0.05) is 27.6 Å². The lowest BCUT2D eigenvalue weighted by atomic mass is 9.86. The van der Waals surface area contributed by atoms with Crippen molar-refractivity contribution in [1.82, 2.24) is 0 Å². The minimum Gasteiger partial charge on any atom is -0.456 e. The first-order valence-corrected chi connectivity index (χ1v) is 17.1. The first-order valence-electron chi connectivity index (χ1n) is 17.1. The van der Waals surface area contributed by atoms with Crippen molar-refractivity contribution in [2.24, 2.45) is 0 Å². The van der Waals surface area contributed by atoms with Gasteiger partial charge in [-0.05, 0) is 90.0 Å². The molecule has 0 atom stereocenters. The van der Waals surface area contributed by atoms with E-state index in [1.165, 1.54) is 54.6 Å². The predicted octanol–water partition coefficient (Wildman–Crippen LogP) is 13.9. The zero-order valence-corrected chi connectivity index (χ0v) is 27.0. The van der Waals surface area contributed by atoms with Crippen LogP contribution in [0.2, 0.25) is 0 Å². The number of rotatable bonds is 3. The van der Waals surface area contributed by atoms with Crippen LogP contribution in [0, 0.1) is 0 Å². The summed E-state index contributed by atoms with van der Waals surface area (Å²) in [6.07, 6.45) is 0. The second-order valence-electron chi connectivity index (χ2n) is 13.2. The van der Waals surface area contributed by atoms with E-state index in [0.29, 0.717) is 0 Å². The van der Waals surface area contributed by atoms with Gasteiger partial charge in [-0.3, -0.25) is 0 Å². The Morgan fingerprint density at radius 2 is 0.780 bits per heavy atom. The summed E-state index contributed by atoms with van der Waals surface area (Å²) in [5, 5.41) is 11.9. The maximum atomic E-state index is 6.48. The average Bonchev–Trinajstić information content (AvgIpc) is 3.73. The summed E-state index contributed by atoms with van der Waals surface area (Å²) in [7, 11) is 0. The molecule has 0 amide bonds. The minimum absolute atomic E-state index is 0.834. The molecule has 0 saturated heterocycles. The summed E-state index contributed by atoms with van der Waals surface area (Å²) in [5.41, 5.74) is 10.7. The van der Waals surface area contributed by atoms with Crippen molar-refractivity contribution in [2.75, 3.05) is 0 Å². The Morgan fingerprint density at radius 1 is 0.260 bits per heavy atom. The van der Waals surface area contributed by atoms with E-state index in [2.05, 4.69) is 164 Å². The van der Waals surface area contributed by atoms with Crippen LogP contribution in [0.25, 0.3) is 110 Å². The molecule has 0 saturated carbocycles. The van der Waals surface area contributed by atoms with Gasteiger partial charge in [0.2, 0.25) is 0 Å². The standard InChI is InChI=1S/C48H28O2/c1-2-11-31(12-3-1)46-36-14-6-8-16-38(36)47(39-17-9-7-15-37(39)46)32-20-18-29(19-21-32)33-22-24-35-40-27-41-45(28-44(40)50-43(35)26-33)49-42-25-23-30-10-4-5-13-34(30)48(41)42/h1-28H. The second kappa shape index (κ2) is 10.4. The monoisotopic (exact) mass is 636 g/mol. The van der Waals surface area contributed by atoms with Gasteiger partial charge in [-0.1, -0.05) is 140 Å². The zero-order chi connectivity index (χ0) is 32.8. The van der Waals surface area contributed by atoms with E-state index in [9.17, 15) is 0 Å². The van der Waals surface area contributed by atoms with Crippen LogP contribution >= 0.6 is 0 Å². The summed E-state index contributed by atoms with van der Waals surface area (Å²) in [4.78, 5) is 0. The highest BCUT2D eigenvalue weighted by Gasteiger charge is 2.18. The Labute approximate surface area is 287 Å². The van der Waals surface area contributed by atoms with Gasteiger partial charge in [0.1, 0.15) is 22.3 Å². The largest absolute Gasteiger partial charge is 0.456 e. The Hall–Kier alpha value is -6.64. The molecule has 0 aliphatic rings. The van der Waals surface area contributed by atoms with Crippen LogP contribution in [0.3, 0.4) is 0 Å². The summed E-state index contributed by atoms with van der Waals surface area (Å²) in [6.45, 7) is 0. The number of furan rings is 2. The van der Waals surface area contributed by atoms with Crippen molar-refractivity contribution in [3.8, 4) is 33.4 Å². The lowest BCUT2D eigenvalue weighted by Gasteiger charge is -2.18. The van der Waals surface area contributed by atoms with Crippen molar-refractivity contribution < 1.29 is 8.83 Å². The third kappa shape index (κ3) is 3.96. The van der Waals surface area contributed by atoms with Crippen molar-refractivity contribution in [3.63, 3.8) is 0 Å². The Kier molecular flexibility index (Phi) is 5.70. The van der Waals surface area contributed by atoms with Crippen LogP contribution in [0.4, 0.5) is 0 Å². The van der Waals surface area contributed by atoms with Crippen LogP contribution in [-0.4, -0.2) is 0 Å². The van der Waals surface area contributed by atoms with Gasteiger partial charge >= 0.3 is 0 Å². The first-order chi connectivity index (χ1) is 24.8. The topological polar surface area (TPSA) is 26.3 Å². The maximum Gasteiger partial charge on any atom is 0.139 e. The average molecular weight is 637 g/mol. The van der Waals surface area contributed by atoms with Crippen LogP contribution in [0.15, 0.2) is 179 Å². The lowest BCUT2D eigenvalue weighted by Crippen LogP contribution is -1.90. The van der Waals surface area contributed by atoms with E-state index in [1.54, 1.807) is 0 Å². The zero-order valence-electron chi connectivity index (χ0n) is 27.0. The number of fused-ring (bicyclic) bond motifs is 10. The summed E-state index contributed by atoms with van der Waals surface area (Å²) in [5.74, 6) is 0. The quantitative estimate of drug-likeness (QED) is 0.180. The van der Waals surface area contributed by atoms with Crippen LogP contribution in [-0.2, 0) is 0 Å². The molecule has 0 aliphatic heterocycles. The molecule has 50 heavy (non-hydrogen) atoms. The number of benzene rings is 9. The van der Waals surface area contributed by atoms with E-state index in [4.69, 9.17) is 8.83 Å². The third-order valence-electron chi connectivity index (χ3n) is 10.5. The fourth-order valence-electron chi connectivity index (χ4n) is 8.18. The van der Waals surface area contributed by atoms with E-state index >= 15 is 0 Å². The molecule has 0 aliphatic carbocycles. The molecule has 11 rings (SSSR count). The molecule has 2 heteroatoms. The summed E-state index contributed by atoms with van der Waals surface area (Å²) >= 11 is 0. The fourth-order valence-corrected chi connectivity index (χ4v) is 8.18. The van der Waals surface area contributed by atoms with E-state index in [1.807, 2.05) is 6.07 Å². The lowest BCUT2D eigenvalue weighted by molar-refractivity contribution is 0.656. The molecular formula is C48H28O2. The van der Waals surface area contributed by atoms with Gasteiger partial charge in [0.15, 0.2) is 0 Å². The van der Waals surface area contributed by atoms with Crippen LogP contribution in [0.5, 0.6) is 0 Å². The van der Waals surface area contributed by atoms with Gasteiger partial charge in [-0.2, -0.15) is 0 Å². The van der Waals surface area contributed by atoms with E-state index in [-0.39, 0.29) is 0 Å². The fraction of sp³-hybridized carbons (Fsp3) is 0. The molecule has 232 valence electrons. The molecule has 11 aromatic rings. The van der Waals surface area contributed by atoms with E-state index < -0.39 is 0 Å². The molecule has 2 heterocycles. The molecule has 0 N–H and O–H groups in total. The third-order valence-corrected chi connectivity index (χ3v) is 10.5. The van der Waals surface area contributed by atoms with Crippen LogP contribution in [0.1, 0.15) is 0 Å². The van der Waals surface area contributed by atoms with Crippen molar-refractivity contribution in [3.05, 3.63) is 170 Å². The van der Waals surface area contributed by atoms with Gasteiger partial charge in [-0.15, -0.1) is 0 Å². The molecule has 0 radical (unpaired) electrons. The Bertz CT molecular complexity index is 3070. The maximum absolute atomic E-state index is 6.48. The highest BCUT2D eigenvalue weighted by molar-refractivity contribution is 6.23.